The van der Waals surface area contributed by atoms with Gasteiger partial charge in [0.05, 0.1) is 12.2 Å². The third-order valence-corrected chi connectivity index (χ3v) is 5.07. The highest BCUT2D eigenvalue weighted by molar-refractivity contribution is 5.95. The van der Waals surface area contributed by atoms with Gasteiger partial charge in [0.25, 0.3) is 0 Å². The first-order valence-electron chi connectivity index (χ1n) is 11.5. The van der Waals surface area contributed by atoms with Crippen LogP contribution in [0.5, 0.6) is 0 Å². The summed E-state index contributed by atoms with van der Waals surface area (Å²) in [6, 6.07) is -5.54. The topological polar surface area (TPSA) is 263 Å². The second kappa shape index (κ2) is 16.4. The van der Waals surface area contributed by atoms with E-state index in [9.17, 15) is 39.0 Å². The molecular weight excluding hydrogens is 480 g/mol. The van der Waals surface area contributed by atoms with E-state index in [1.54, 1.807) is 0 Å². The molecule has 0 aromatic carbocycles. The van der Waals surface area contributed by atoms with E-state index in [0.717, 1.165) is 6.92 Å². The zero-order valence-corrected chi connectivity index (χ0v) is 20.7. The molecule has 0 radical (unpaired) electrons. The number of carboxylic acid groups (broad SMARTS) is 1. The first-order chi connectivity index (χ1) is 16.7. The predicted octanol–water partition coefficient (Wildman–Crippen LogP) is -3.81. The summed E-state index contributed by atoms with van der Waals surface area (Å²) in [7, 11) is 0. The summed E-state index contributed by atoms with van der Waals surface area (Å²) in [4.78, 5) is 72.4. The van der Waals surface area contributed by atoms with Gasteiger partial charge in [-0.25, -0.2) is 0 Å². The Balaban J connectivity index is 5.76. The molecule has 0 saturated carbocycles. The monoisotopic (exact) mass is 518 g/mol. The average molecular weight is 519 g/mol. The molecular formula is C21H38N6O9. The fraction of sp³-hybridized carbons (Fsp3) is 0.714. The van der Waals surface area contributed by atoms with Crippen LogP contribution < -0.4 is 32.7 Å². The molecule has 36 heavy (non-hydrogen) atoms. The average Bonchev–Trinajstić information content (AvgIpc) is 2.76. The van der Waals surface area contributed by atoms with Gasteiger partial charge in [0, 0.05) is 13.3 Å². The van der Waals surface area contributed by atoms with Crippen molar-refractivity contribution in [3.63, 3.8) is 0 Å². The minimum absolute atomic E-state index is 0.0713. The number of hydrogen-bond donors (Lipinski definition) is 9. The van der Waals surface area contributed by atoms with Crippen LogP contribution in [-0.4, -0.2) is 93.7 Å². The lowest BCUT2D eigenvalue weighted by molar-refractivity contribution is -0.139. The molecule has 0 aromatic rings. The third kappa shape index (κ3) is 12.4. The fourth-order valence-corrected chi connectivity index (χ4v) is 3.14. The van der Waals surface area contributed by atoms with E-state index in [2.05, 4.69) is 21.3 Å². The number of hydrogen-bond acceptors (Lipinski definition) is 9. The number of carboxylic acids is 1. The molecule has 0 rings (SSSR count). The SMILES string of the molecule is CC(=O)NC(C(=O)NC(CCC(=O)O)C(=O)N[C@@H](CCCCN)C(=O)NC(C(N)=O)[C@H](C)O)[C@@H](C)O. The molecule has 0 saturated heterocycles. The number of nitrogens with two attached hydrogens (primary N) is 2. The first-order valence-corrected chi connectivity index (χ1v) is 11.5. The van der Waals surface area contributed by atoms with Crippen molar-refractivity contribution in [2.45, 2.75) is 89.3 Å². The fourth-order valence-electron chi connectivity index (χ4n) is 3.14. The van der Waals surface area contributed by atoms with Gasteiger partial charge in [-0.2, -0.15) is 0 Å². The molecule has 6 atom stereocenters. The molecule has 0 spiro atoms. The number of rotatable bonds is 17. The molecule has 15 heteroatoms. The number of carbonyl (C=O) groups is 6. The Labute approximate surface area is 208 Å². The van der Waals surface area contributed by atoms with E-state index in [-0.39, 0.29) is 12.8 Å². The van der Waals surface area contributed by atoms with E-state index in [1.165, 1.54) is 13.8 Å². The number of aliphatic hydroxyl groups excluding tert-OH is 2. The van der Waals surface area contributed by atoms with Crippen LogP contribution in [0.2, 0.25) is 0 Å². The predicted molar refractivity (Wildman–Crippen MR) is 126 cm³/mol. The lowest BCUT2D eigenvalue weighted by Crippen LogP contribution is -2.60. The Kier molecular flexibility index (Phi) is 14.9. The van der Waals surface area contributed by atoms with Gasteiger partial charge >= 0.3 is 5.97 Å². The van der Waals surface area contributed by atoms with Crippen LogP contribution in [0.25, 0.3) is 0 Å². The Hall–Kier alpha value is -3.30. The highest BCUT2D eigenvalue weighted by Gasteiger charge is 2.32. The summed E-state index contributed by atoms with van der Waals surface area (Å²) in [5, 5.41) is 37.8. The molecule has 11 N–H and O–H groups in total. The largest absolute Gasteiger partial charge is 0.481 e. The Morgan fingerprint density at radius 1 is 0.750 bits per heavy atom. The molecule has 0 aliphatic heterocycles. The van der Waals surface area contributed by atoms with Gasteiger partial charge in [-0.3, -0.25) is 28.8 Å². The number of aliphatic carboxylic acids is 1. The normalized spacial score (nSPS) is 15.8. The van der Waals surface area contributed by atoms with E-state index in [4.69, 9.17) is 16.6 Å². The van der Waals surface area contributed by atoms with Gasteiger partial charge in [-0.05, 0) is 46.1 Å². The Morgan fingerprint density at radius 3 is 1.69 bits per heavy atom. The van der Waals surface area contributed by atoms with Crippen molar-refractivity contribution >= 4 is 35.5 Å². The summed E-state index contributed by atoms with van der Waals surface area (Å²) < 4.78 is 0. The van der Waals surface area contributed by atoms with E-state index in [1.807, 2.05) is 0 Å². The molecule has 15 nitrogen and oxygen atoms in total. The summed E-state index contributed by atoms with van der Waals surface area (Å²) >= 11 is 0. The van der Waals surface area contributed by atoms with Crippen molar-refractivity contribution in [2.75, 3.05) is 6.54 Å². The second-order valence-electron chi connectivity index (χ2n) is 8.39. The number of primary amides is 1. The molecule has 206 valence electrons. The maximum atomic E-state index is 13.0. The van der Waals surface area contributed by atoms with Crippen molar-refractivity contribution in [1.82, 2.24) is 21.3 Å². The van der Waals surface area contributed by atoms with Gasteiger partial charge in [0.15, 0.2) is 0 Å². The third-order valence-electron chi connectivity index (χ3n) is 5.07. The van der Waals surface area contributed by atoms with Crippen molar-refractivity contribution in [3.8, 4) is 0 Å². The van der Waals surface area contributed by atoms with Gasteiger partial charge in [-0.1, -0.05) is 0 Å². The Morgan fingerprint density at radius 2 is 1.25 bits per heavy atom. The van der Waals surface area contributed by atoms with E-state index < -0.39 is 78.3 Å². The lowest BCUT2D eigenvalue weighted by Gasteiger charge is -2.27. The van der Waals surface area contributed by atoms with Crippen LogP contribution in [-0.2, 0) is 28.8 Å². The number of aliphatic hydroxyl groups is 2. The Bertz CT molecular complexity index is 790. The second-order valence-corrected chi connectivity index (χ2v) is 8.39. The van der Waals surface area contributed by atoms with Crippen LogP contribution in [0, 0.1) is 0 Å². The van der Waals surface area contributed by atoms with Crippen molar-refractivity contribution < 1.29 is 44.1 Å². The zero-order valence-electron chi connectivity index (χ0n) is 20.7. The molecule has 0 heterocycles. The zero-order chi connectivity index (χ0) is 28.0. The maximum absolute atomic E-state index is 13.0. The van der Waals surface area contributed by atoms with E-state index >= 15 is 0 Å². The van der Waals surface area contributed by atoms with Crippen LogP contribution in [0.15, 0.2) is 0 Å². The van der Waals surface area contributed by atoms with Crippen molar-refractivity contribution in [2.24, 2.45) is 11.5 Å². The molecule has 0 aliphatic rings. The molecule has 5 amide bonds. The number of carbonyl (C=O) groups excluding carboxylic acids is 5. The van der Waals surface area contributed by atoms with E-state index in [0.29, 0.717) is 19.4 Å². The van der Waals surface area contributed by atoms with Crippen LogP contribution in [0.3, 0.4) is 0 Å². The minimum atomic E-state index is -1.45. The summed E-state index contributed by atoms with van der Waals surface area (Å²) in [6.07, 6.45) is -2.58. The van der Waals surface area contributed by atoms with Crippen LogP contribution >= 0.6 is 0 Å². The van der Waals surface area contributed by atoms with Crippen molar-refractivity contribution in [3.05, 3.63) is 0 Å². The van der Waals surface area contributed by atoms with Gasteiger partial charge in [0.2, 0.25) is 29.5 Å². The number of nitrogens with one attached hydrogen (secondary N) is 4. The quantitative estimate of drug-likeness (QED) is 0.0847. The summed E-state index contributed by atoms with van der Waals surface area (Å²) in [6.45, 7) is 3.90. The lowest BCUT2D eigenvalue weighted by atomic mass is 10.0. The van der Waals surface area contributed by atoms with Gasteiger partial charge in [0.1, 0.15) is 24.2 Å². The molecule has 3 unspecified atom stereocenters. The molecule has 0 bridgehead atoms. The molecule has 0 aromatic heterocycles. The van der Waals surface area contributed by atoms with Crippen LogP contribution in [0.4, 0.5) is 0 Å². The number of unbranched alkanes of at least 4 members (excludes halogenated alkanes) is 1. The number of amides is 5. The first kappa shape index (κ1) is 32.7. The van der Waals surface area contributed by atoms with Gasteiger partial charge < -0.3 is 48.1 Å². The van der Waals surface area contributed by atoms with Gasteiger partial charge in [-0.15, -0.1) is 0 Å². The standard InChI is InChI=1S/C21H38N6O9/c1-10(28)16(18(23)33)27-20(35)13(6-4-5-9-22)25-19(34)14(7-8-15(31)32)26-21(36)17(11(2)29)24-12(3)30/h10-11,13-14,16-17,28-29H,4-9,22H2,1-3H3,(H2,23,33)(H,24,30)(H,25,34)(H,26,36)(H,27,35)(H,31,32)/t10-,11+,13-,14?,16?,17?/m0/s1. The highest BCUT2D eigenvalue weighted by Crippen LogP contribution is 2.06. The summed E-state index contributed by atoms with van der Waals surface area (Å²) in [5.74, 6) is -5.58. The molecule has 0 fully saturated rings. The smallest absolute Gasteiger partial charge is 0.303 e. The maximum Gasteiger partial charge on any atom is 0.303 e. The van der Waals surface area contributed by atoms with Crippen molar-refractivity contribution in [1.29, 1.82) is 0 Å². The molecule has 0 aliphatic carbocycles. The van der Waals surface area contributed by atoms with Crippen LogP contribution in [0.1, 0.15) is 52.9 Å². The highest BCUT2D eigenvalue weighted by atomic mass is 16.4. The minimum Gasteiger partial charge on any atom is -0.481 e. The summed E-state index contributed by atoms with van der Waals surface area (Å²) in [5.41, 5.74) is 10.7.